The number of hydrogen-bond acceptors (Lipinski definition) is 3. The summed E-state index contributed by atoms with van der Waals surface area (Å²) in [5, 5.41) is 0. The Hall–Kier alpha value is -1.45. The van der Waals surface area contributed by atoms with Gasteiger partial charge in [0, 0.05) is 12.0 Å². The lowest BCUT2D eigenvalue weighted by Gasteiger charge is -2.09. The first kappa shape index (κ1) is 12.0. The maximum absolute atomic E-state index is 5.38. The first-order valence-electron chi connectivity index (χ1n) is 5.31. The molecule has 0 aliphatic rings. The molecule has 0 atom stereocenters. The fourth-order valence-corrected chi connectivity index (χ4v) is 1.85. The lowest BCUT2D eigenvalue weighted by atomic mass is 10.1. The zero-order valence-corrected chi connectivity index (χ0v) is 10.5. The molecule has 2 nitrogen and oxygen atoms in total. The highest BCUT2D eigenvalue weighted by atomic mass is 32.1. The predicted octanol–water partition coefficient (Wildman–Crippen LogP) is 3.63. The Balaban J connectivity index is 2.25. The molecule has 0 radical (unpaired) electrons. The van der Waals surface area contributed by atoms with Crippen molar-refractivity contribution in [2.24, 2.45) is 0 Å². The van der Waals surface area contributed by atoms with Crippen LogP contribution >= 0.6 is 12.6 Å². The molecule has 88 valence electrons. The van der Waals surface area contributed by atoms with Gasteiger partial charge in [-0.2, -0.15) is 0 Å². The quantitative estimate of drug-likeness (QED) is 0.656. The minimum atomic E-state index is 0.234. The number of benzene rings is 2. The number of hydrogen-bond donors (Lipinski definition) is 1. The van der Waals surface area contributed by atoms with Crippen LogP contribution in [0.15, 0.2) is 53.4 Å². The molecule has 0 unspecified atom stereocenters. The zero-order chi connectivity index (χ0) is 12.1. The summed E-state index contributed by atoms with van der Waals surface area (Å²) >= 11 is 4.41. The summed E-state index contributed by atoms with van der Waals surface area (Å²) in [4.78, 5) is 0.809. The Morgan fingerprint density at radius 1 is 1.00 bits per heavy atom. The van der Waals surface area contributed by atoms with Crippen LogP contribution in [-0.4, -0.2) is 13.9 Å². The van der Waals surface area contributed by atoms with Gasteiger partial charge in [0.1, 0.15) is 5.75 Å². The molecular weight excluding hydrogens is 232 g/mol. The smallest absolute Gasteiger partial charge is 0.188 e. The van der Waals surface area contributed by atoms with E-state index in [2.05, 4.69) is 24.8 Å². The van der Waals surface area contributed by atoms with Crippen molar-refractivity contribution in [1.82, 2.24) is 0 Å². The summed E-state index contributed by atoms with van der Waals surface area (Å²) in [6.45, 7) is 0.234. The Morgan fingerprint density at radius 2 is 1.76 bits per heavy atom. The van der Waals surface area contributed by atoms with Crippen LogP contribution < -0.4 is 4.74 Å². The summed E-state index contributed by atoms with van der Waals surface area (Å²) in [5.74, 6) is 0.731. The predicted molar refractivity (Wildman–Crippen MR) is 71.6 cm³/mol. The van der Waals surface area contributed by atoms with Gasteiger partial charge >= 0.3 is 0 Å². The fourth-order valence-electron chi connectivity index (χ4n) is 1.57. The van der Waals surface area contributed by atoms with Crippen LogP contribution in [0.2, 0.25) is 0 Å². The first-order valence-corrected chi connectivity index (χ1v) is 5.76. The van der Waals surface area contributed by atoms with E-state index >= 15 is 0 Å². The molecular formula is C14H14O2S. The van der Waals surface area contributed by atoms with Crippen molar-refractivity contribution < 1.29 is 9.47 Å². The van der Waals surface area contributed by atoms with Gasteiger partial charge in [0.15, 0.2) is 6.79 Å². The summed E-state index contributed by atoms with van der Waals surface area (Å²) in [5.41, 5.74) is 2.29. The second-order valence-electron chi connectivity index (χ2n) is 3.60. The van der Waals surface area contributed by atoms with Gasteiger partial charge in [-0.25, -0.2) is 0 Å². The molecule has 0 heterocycles. The molecule has 0 spiro atoms. The molecule has 17 heavy (non-hydrogen) atoms. The number of rotatable bonds is 4. The van der Waals surface area contributed by atoms with Crippen LogP contribution in [0.25, 0.3) is 11.1 Å². The van der Waals surface area contributed by atoms with E-state index in [0.717, 1.165) is 16.2 Å². The van der Waals surface area contributed by atoms with Crippen molar-refractivity contribution >= 4 is 12.6 Å². The Kier molecular flexibility index (Phi) is 4.07. The summed E-state index contributed by atoms with van der Waals surface area (Å²) in [6.07, 6.45) is 0. The summed E-state index contributed by atoms with van der Waals surface area (Å²) < 4.78 is 10.2. The number of methoxy groups -OCH3 is 1. The topological polar surface area (TPSA) is 18.5 Å². The SMILES string of the molecule is COCOc1ccc(-c2ccccc2)cc1S. The van der Waals surface area contributed by atoms with Crippen LogP contribution in [0.4, 0.5) is 0 Å². The minimum Gasteiger partial charge on any atom is -0.466 e. The third-order valence-corrected chi connectivity index (χ3v) is 2.75. The van der Waals surface area contributed by atoms with Crippen molar-refractivity contribution in [3.05, 3.63) is 48.5 Å². The molecule has 2 aromatic rings. The largest absolute Gasteiger partial charge is 0.466 e. The van der Waals surface area contributed by atoms with E-state index in [4.69, 9.17) is 9.47 Å². The molecule has 0 aliphatic heterocycles. The van der Waals surface area contributed by atoms with E-state index in [1.165, 1.54) is 5.56 Å². The van der Waals surface area contributed by atoms with Crippen LogP contribution in [0.1, 0.15) is 0 Å². The van der Waals surface area contributed by atoms with Crippen LogP contribution in [0, 0.1) is 0 Å². The third kappa shape index (κ3) is 3.02. The number of ether oxygens (including phenoxy) is 2. The molecule has 0 aromatic heterocycles. The Labute approximate surface area is 107 Å². The summed E-state index contributed by atoms with van der Waals surface area (Å²) in [6, 6.07) is 16.1. The van der Waals surface area contributed by atoms with Crippen LogP contribution in [-0.2, 0) is 4.74 Å². The van der Waals surface area contributed by atoms with E-state index in [1.54, 1.807) is 7.11 Å². The lowest BCUT2D eigenvalue weighted by molar-refractivity contribution is 0.0492. The molecule has 2 rings (SSSR count). The van der Waals surface area contributed by atoms with Gasteiger partial charge in [-0.1, -0.05) is 36.4 Å². The summed E-state index contributed by atoms with van der Waals surface area (Å²) in [7, 11) is 1.59. The van der Waals surface area contributed by atoms with Gasteiger partial charge in [0.25, 0.3) is 0 Å². The van der Waals surface area contributed by atoms with Crippen LogP contribution in [0.3, 0.4) is 0 Å². The highest BCUT2D eigenvalue weighted by molar-refractivity contribution is 7.80. The van der Waals surface area contributed by atoms with Crippen LogP contribution in [0.5, 0.6) is 5.75 Å². The van der Waals surface area contributed by atoms with Gasteiger partial charge in [0.05, 0.1) is 0 Å². The zero-order valence-electron chi connectivity index (χ0n) is 9.59. The standard InChI is InChI=1S/C14H14O2S/c1-15-10-16-13-8-7-12(9-14(13)17)11-5-3-2-4-6-11/h2-9,17H,10H2,1H3. The molecule has 2 aromatic carbocycles. The van der Waals surface area contributed by atoms with E-state index in [0.29, 0.717) is 0 Å². The Bertz CT molecular complexity index is 483. The van der Waals surface area contributed by atoms with E-state index in [1.807, 2.05) is 36.4 Å². The average molecular weight is 246 g/mol. The molecule has 0 aliphatic carbocycles. The molecule has 0 fully saturated rings. The Morgan fingerprint density at radius 3 is 2.41 bits per heavy atom. The molecule has 0 saturated carbocycles. The second kappa shape index (κ2) is 5.75. The fraction of sp³-hybridized carbons (Fsp3) is 0.143. The maximum atomic E-state index is 5.38. The third-order valence-electron chi connectivity index (χ3n) is 2.40. The number of thiol groups is 1. The second-order valence-corrected chi connectivity index (χ2v) is 4.08. The van der Waals surface area contributed by atoms with Crippen molar-refractivity contribution in [3.63, 3.8) is 0 Å². The van der Waals surface area contributed by atoms with Crippen molar-refractivity contribution in [2.45, 2.75) is 4.90 Å². The van der Waals surface area contributed by atoms with Crippen molar-refractivity contribution in [1.29, 1.82) is 0 Å². The normalized spacial score (nSPS) is 10.2. The minimum absolute atomic E-state index is 0.234. The van der Waals surface area contributed by atoms with E-state index in [-0.39, 0.29) is 6.79 Å². The lowest BCUT2D eigenvalue weighted by Crippen LogP contribution is -1.99. The molecule has 3 heteroatoms. The highest BCUT2D eigenvalue weighted by Crippen LogP contribution is 2.28. The van der Waals surface area contributed by atoms with Crippen molar-refractivity contribution in [2.75, 3.05) is 13.9 Å². The van der Waals surface area contributed by atoms with Gasteiger partial charge in [-0.3, -0.25) is 0 Å². The highest BCUT2D eigenvalue weighted by Gasteiger charge is 2.03. The van der Waals surface area contributed by atoms with Crippen molar-refractivity contribution in [3.8, 4) is 16.9 Å². The van der Waals surface area contributed by atoms with Gasteiger partial charge in [-0.05, 0) is 23.3 Å². The monoisotopic (exact) mass is 246 g/mol. The molecule has 0 saturated heterocycles. The molecule has 0 amide bonds. The van der Waals surface area contributed by atoms with Gasteiger partial charge < -0.3 is 9.47 Å². The average Bonchev–Trinajstić information content (AvgIpc) is 2.38. The molecule has 0 N–H and O–H groups in total. The first-order chi connectivity index (χ1) is 8.31. The maximum Gasteiger partial charge on any atom is 0.188 e. The molecule has 0 bridgehead atoms. The van der Waals surface area contributed by atoms with E-state index < -0.39 is 0 Å². The van der Waals surface area contributed by atoms with E-state index in [9.17, 15) is 0 Å². The van der Waals surface area contributed by atoms with Gasteiger partial charge in [0.2, 0.25) is 0 Å². The van der Waals surface area contributed by atoms with Gasteiger partial charge in [-0.15, -0.1) is 12.6 Å².